The Morgan fingerprint density at radius 2 is 2.13 bits per heavy atom. The molecule has 1 saturated heterocycles. The summed E-state index contributed by atoms with van der Waals surface area (Å²) in [6.07, 6.45) is 0.0259. The molecule has 1 aromatic heterocycles. The Balaban J connectivity index is 1.93. The third kappa shape index (κ3) is 2.99. The number of nitrogens with zero attached hydrogens (tertiary/aromatic N) is 1. The Hall–Kier alpha value is -2.21. The molecule has 1 amide bonds. The molecular weight excluding hydrogens is 304 g/mol. The van der Waals surface area contributed by atoms with Crippen molar-refractivity contribution in [2.45, 2.75) is 31.9 Å². The molecule has 4 nitrogen and oxygen atoms in total. The van der Waals surface area contributed by atoms with Crippen molar-refractivity contribution >= 4 is 5.91 Å². The summed E-state index contributed by atoms with van der Waals surface area (Å²) < 4.78 is 32.9. The minimum absolute atomic E-state index is 0.0572. The van der Waals surface area contributed by atoms with Gasteiger partial charge in [-0.1, -0.05) is 6.92 Å². The van der Waals surface area contributed by atoms with Gasteiger partial charge in [0.25, 0.3) is 5.91 Å². The Labute approximate surface area is 132 Å². The lowest BCUT2D eigenvalue weighted by atomic mass is 10.0. The zero-order chi connectivity index (χ0) is 16.6. The quantitative estimate of drug-likeness (QED) is 0.945. The van der Waals surface area contributed by atoms with E-state index in [1.807, 2.05) is 6.92 Å². The summed E-state index contributed by atoms with van der Waals surface area (Å²) in [7, 11) is 0. The standard InChI is InChI=1S/C17H17F2NO3/c1-2-12-4-6-16(23-12)17(22)20-9-11(21)8-15(20)13-7-10(18)3-5-14(13)19/h3-7,11,15,21H,2,8-9H2,1H3. The van der Waals surface area contributed by atoms with Gasteiger partial charge in [0.2, 0.25) is 0 Å². The number of β-amino-alcohol motifs (C(OH)–C–C–N with tert-alkyl or cyclic N) is 1. The molecule has 6 heteroatoms. The lowest BCUT2D eigenvalue weighted by Crippen LogP contribution is -2.32. The van der Waals surface area contributed by atoms with Gasteiger partial charge < -0.3 is 14.4 Å². The van der Waals surface area contributed by atoms with E-state index < -0.39 is 29.7 Å². The normalized spacial score (nSPS) is 21.0. The maximum atomic E-state index is 14.0. The van der Waals surface area contributed by atoms with Gasteiger partial charge in [0.1, 0.15) is 17.4 Å². The summed E-state index contributed by atoms with van der Waals surface area (Å²) in [4.78, 5) is 13.9. The van der Waals surface area contributed by atoms with Crippen LogP contribution < -0.4 is 0 Å². The number of aliphatic hydroxyl groups excluding tert-OH is 1. The monoisotopic (exact) mass is 321 g/mol. The molecule has 0 radical (unpaired) electrons. The number of rotatable bonds is 3. The number of carbonyl (C=O) groups is 1. The molecular formula is C17H17F2NO3. The van der Waals surface area contributed by atoms with Crippen molar-refractivity contribution in [1.82, 2.24) is 4.90 Å². The molecule has 2 aromatic rings. The number of furan rings is 1. The van der Waals surface area contributed by atoms with Crippen molar-refractivity contribution in [3.8, 4) is 0 Å². The minimum Gasteiger partial charge on any atom is -0.456 e. The summed E-state index contributed by atoms with van der Waals surface area (Å²) in [6, 6.07) is 5.67. The number of hydrogen-bond donors (Lipinski definition) is 1. The number of benzene rings is 1. The molecule has 3 rings (SSSR count). The highest BCUT2D eigenvalue weighted by Crippen LogP contribution is 2.35. The van der Waals surface area contributed by atoms with Crippen LogP contribution in [-0.2, 0) is 6.42 Å². The van der Waals surface area contributed by atoms with E-state index in [9.17, 15) is 18.7 Å². The maximum absolute atomic E-state index is 14.0. The van der Waals surface area contributed by atoms with E-state index in [2.05, 4.69) is 0 Å². The van der Waals surface area contributed by atoms with Gasteiger partial charge in [0, 0.05) is 18.5 Å². The van der Waals surface area contributed by atoms with Gasteiger partial charge in [-0.15, -0.1) is 0 Å². The number of aliphatic hydroxyl groups is 1. The first-order valence-corrected chi connectivity index (χ1v) is 7.52. The highest BCUT2D eigenvalue weighted by atomic mass is 19.1. The summed E-state index contributed by atoms with van der Waals surface area (Å²) in [5, 5.41) is 9.90. The summed E-state index contributed by atoms with van der Waals surface area (Å²) in [5.41, 5.74) is 0.0668. The molecule has 122 valence electrons. The van der Waals surface area contributed by atoms with E-state index in [1.54, 1.807) is 12.1 Å². The van der Waals surface area contributed by atoms with Crippen LogP contribution in [0, 0.1) is 11.6 Å². The molecule has 0 saturated carbocycles. The number of aryl methyl sites for hydroxylation is 1. The number of hydrogen-bond acceptors (Lipinski definition) is 3. The summed E-state index contributed by atoms with van der Waals surface area (Å²) in [6.45, 7) is 1.96. The van der Waals surface area contributed by atoms with E-state index >= 15 is 0 Å². The SMILES string of the molecule is CCc1ccc(C(=O)N2CC(O)CC2c2cc(F)ccc2F)o1. The van der Waals surface area contributed by atoms with E-state index in [-0.39, 0.29) is 24.3 Å². The fourth-order valence-electron chi connectivity index (χ4n) is 2.93. The Kier molecular flexibility index (Phi) is 4.17. The first-order valence-electron chi connectivity index (χ1n) is 7.52. The fourth-order valence-corrected chi connectivity index (χ4v) is 2.93. The topological polar surface area (TPSA) is 53.7 Å². The van der Waals surface area contributed by atoms with Crippen LogP contribution in [0.2, 0.25) is 0 Å². The van der Waals surface area contributed by atoms with E-state index in [4.69, 9.17) is 4.42 Å². The molecule has 2 heterocycles. The molecule has 2 atom stereocenters. The number of amides is 1. The predicted octanol–water partition coefficient (Wildman–Crippen LogP) is 3.07. The lowest BCUT2D eigenvalue weighted by molar-refractivity contribution is 0.0680. The van der Waals surface area contributed by atoms with Gasteiger partial charge >= 0.3 is 0 Å². The van der Waals surface area contributed by atoms with Gasteiger partial charge in [-0.2, -0.15) is 0 Å². The van der Waals surface area contributed by atoms with Crippen LogP contribution in [0.5, 0.6) is 0 Å². The minimum atomic E-state index is -0.785. The van der Waals surface area contributed by atoms with Crippen molar-refractivity contribution in [3.63, 3.8) is 0 Å². The van der Waals surface area contributed by atoms with Crippen LogP contribution in [0.25, 0.3) is 0 Å². The van der Waals surface area contributed by atoms with Crippen LogP contribution in [0.3, 0.4) is 0 Å². The van der Waals surface area contributed by atoms with E-state index in [0.717, 1.165) is 18.2 Å². The van der Waals surface area contributed by atoms with E-state index in [1.165, 1.54) is 4.90 Å². The zero-order valence-corrected chi connectivity index (χ0v) is 12.6. The van der Waals surface area contributed by atoms with Crippen LogP contribution in [-0.4, -0.2) is 28.6 Å². The predicted molar refractivity (Wildman–Crippen MR) is 78.8 cm³/mol. The Morgan fingerprint density at radius 3 is 2.83 bits per heavy atom. The Morgan fingerprint density at radius 1 is 1.35 bits per heavy atom. The molecule has 2 unspecified atom stereocenters. The average molecular weight is 321 g/mol. The molecule has 1 aliphatic rings. The lowest BCUT2D eigenvalue weighted by Gasteiger charge is -2.24. The van der Waals surface area contributed by atoms with Gasteiger partial charge in [0.15, 0.2) is 5.76 Å². The first kappa shape index (κ1) is 15.7. The molecule has 1 N–H and O–H groups in total. The number of carbonyl (C=O) groups excluding carboxylic acids is 1. The van der Waals surface area contributed by atoms with Gasteiger partial charge in [-0.3, -0.25) is 4.79 Å². The van der Waals surface area contributed by atoms with Gasteiger partial charge in [-0.25, -0.2) is 8.78 Å². The van der Waals surface area contributed by atoms with Crippen molar-refractivity contribution in [2.75, 3.05) is 6.54 Å². The molecule has 0 aliphatic carbocycles. The first-order chi connectivity index (χ1) is 11.0. The second-order valence-electron chi connectivity index (χ2n) is 5.65. The summed E-state index contributed by atoms with van der Waals surface area (Å²) >= 11 is 0. The van der Waals surface area contributed by atoms with Crippen molar-refractivity contribution in [2.24, 2.45) is 0 Å². The van der Waals surface area contributed by atoms with Gasteiger partial charge in [0.05, 0.1) is 12.1 Å². The highest BCUT2D eigenvalue weighted by molar-refractivity contribution is 5.92. The highest BCUT2D eigenvalue weighted by Gasteiger charge is 2.38. The fraction of sp³-hybridized carbons (Fsp3) is 0.353. The smallest absolute Gasteiger partial charge is 0.290 e. The van der Waals surface area contributed by atoms with Crippen molar-refractivity contribution in [1.29, 1.82) is 0 Å². The molecule has 1 aromatic carbocycles. The van der Waals surface area contributed by atoms with E-state index in [0.29, 0.717) is 12.2 Å². The van der Waals surface area contributed by atoms with Crippen LogP contribution in [0.1, 0.15) is 41.3 Å². The molecule has 23 heavy (non-hydrogen) atoms. The molecule has 0 spiro atoms. The van der Waals surface area contributed by atoms with Crippen LogP contribution in [0.15, 0.2) is 34.7 Å². The molecule has 1 fully saturated rings. The molecule has 0 bridgehead atoms. The van der Waals surface area contributed by atoms with Crippen molar-refractivity contribution < 1.29 is 23.1 Å². The largest absolute Gasteiger partial charge is 0.456 e. The van der Waals surface area contributed by atoms with Crippen LogP contribution >= 0.6 is 0 Å². The Bertz CT molecular complexity index is 728. The summed E-state index contributed by atoms with van der Waals surface area (Å²) in [5.74, 6) is -0.812. The third-order valence-corrected chi connectivity index (χ3v) is 4.08. The second kappa shape index (κ2) is 6.12. The third-order valence-electron chi connectivity index (χ3n) is 4.08. The second-order valence-corrected chi connectivity index (χ2v) is 5.65. The number of likely N-dealkylation sites (tertiary alicyclic amines) is 1. The van der Waals surface area contributed by atoms with Crippen molar-refractivity contribution in [3.05, 3.63) is 59.1 Å². The average Bonchev–Trinajstić information content (AvgIpc) is 3.15. The molecule has 1 aliphatic heterocycles. The van der Waals surface area contributed by atoms with Gasteiger partial charge in [-0.05, 0) is 36.8 Å². The number of halogens is 2. The maximum Gasteiger partial charge on any atom is 0.290 e. The zero-order valence-electron chi connectivity index (χ0n) is 12.6. The van der Waals surface area contributed by atoms with Crippen LogP contribution in [0.4, 0.5) is 8.78 Å².